The number of H-pyrrole nitrogens is 1. The van der Waals surface area contributed by atoms with Gasteiger partial charge in [-0.3, -0.25) is 5.10 Å². The van der Waals surface area contributed by atoms with E-state index in [0.717, 1.165) is 19.8 Å². The number of aromatic nitrogens is 2. The fraction of sp³-hybridized carbons (Fsp3) is 0.727. The number of hydrogen-bond donors (Lipinski definition) is 2. The maximum atomic E-state index is 5.45. The molecule has 1 aromatic heterocycles. The van der Waals surface area contributed by atoms with Crippen LogP contribution in [0.4, 0.5) is 0 Å². The van der Waals surface area contributed by atoms with Gasteiger partial charge in [-0.1, -0.05) is 0 Å². The number of aromatic amines is 1. The van der Waals surface area contributed by atoms with Crippen LogP contribution >= 0.6 is 0 Å². The molecule has 1 saturated heterocycles. The Balaban J connectivity index is 1.73. The highest BCUT2D eigenvalue weighted by Crippen LogP contribution is 2.15. The molecule has 2 atom stereocenters. The molecule has 2 heterocycles. The summed E-state index contributed by atoms with van der Waals surface area (Å²) in [5, 5.41) is 10.3. The van der Waals surface area contributed by atoms with Crippen LogP contribution in [0.25, 0.3) is 0 Å². The van der Waals surface area contributed by atoms with E-state index in [-0.39, 0.29) is 0 Å². The lowest BCUT2D eigenvalue weighted by Gasteiger charge is -2.24. The average molecular weight is 209 g/mol. The summed E-state index contributed by atoms with van der Waals surface area (Å²) in [6.07, 6.45) is 6.29. The quantitative estimate of drug-likeness (QED) is 0.790. The second kappa shape index (κ2) is 5.28. The molecule has 0 bridgehead atoms. The predicted molar refractivity (Wildman–Crippen MR) is 58.5 cm³/mol. The van der Waals surface area contributed by atoms with Crippen LogP contribution in [0.5, 0.6) is 0 Å². The smallest absolute Gasteiger partial charge is 0.0534 e. The van der Waals surface area contributed by atoms with Gasteiger partial charge in [0.15, 0.2) is 0 Å². The molecule has 1 aromatic rings. The Labute approximate surface area is 90.4 Å². The van der Waals surface area contributed by atoms with E-state index in [2.05, 4.69) is 22.4 Å². The van der Waals surface area contributed by atoms with E-state index >= 15 is 0 Å². The Morgan fingerprint density at radius 2 is 2.67 bits per heavy atom. The molecule has 4 heteroatoms. The highest BCUT2D eigenvalue weighted by molar-refractivity contribution is 5.07. The van der Waals surface area contributed by atoms with Crippen molar-refractivity contribution in [2.45, 2.75) is 25.8 Å². The first kappa shape index (κ1) is 10.6. The van der Waals surface area contributed by atoms with Crippen LogP contribution in [0, 0.1) is 5.92 Å². The maximum Gasteiger partial charge on any atom is 0.0534 e. The normalized spacial score (nSPS) is 23.9. The summed E-state index contributed by atoms with van der Waals surface area (Å²) in [5.74, 6) is 0.674. The largest absolute Gasteiger partial charge is 0.381 e. The summed E-state index contributed by atoms with van der Waals surface area (Å²) < 4.78 is 5.45. The average Bonchev–Trinajstić information content (AvgIpc) is 2.81. The summed E-state index contributed by atoms with van der Waals surface area (Å²) in [7, 11) is 0. The first-order chi connectivity index (χ1) is 7.36. The lowest BCUT2D eigenvalue weighted by atomic mass is 10.0. The molecule has 2 unspecified atom stereocenters. The van der Waals surface area contributed by atoms with E-state index in [0.29, 0.717) is 12.0 Å². The van der Waals surface area contributed by atoms with E-state index in [1.54, 1.807) is 0 Å². The number of rotatable bonds is 4. The number of nitrogens with zero attached hydrogens (tertiary/aromatic N) is 1. The van der Waals surface area contributed by atoms with Gasteiger partial charge in [0.2, 0.25) is 0 Å². The molecule has 2 N–H and O–H groups in total. The van der Waals surface area contributed by atoms with E-state index in [1.807, 2.05) is 12.4 Å². The summed E-state index contributed by atoms with van der Waals surface area (Å²) in [4.78, 5) is 0. The van der Waals surface area contributed by atoms with Crippen molar-refractivity contribution < 1.29 is 4.74 Å². The lowest BCUT2D eigenvalue weighted by Crippen LogP contribution is -2.30. The first-order valence-electron chi connectivity index (χ1n) is 5.66. The van der Waals surface area contributed by atoms with Gasteiger partial charge in [-0.05, 0) is 25.7 Å². The van der Waals surface area contributed by atoms with Crippen LogP contribution in [0.1, 0.15) is 31.4 Å². The monoisotopic (exact) mass is 209 g/mol. The second-order valence-electron chi connectivity index (χ2n) is 4.24. The van der Waals surface area contributed by atoms with Gasteiger partial charge in [-0.2, -0.15) is 5.10 Å². The Kier molecular flexibility index (Phi) is 3.75. The minimum absolute atomic E-state index is 0.366. The van der Waals surface area contributed by atoms with E-state index < -0.39 is 0 Å². The van der Waals surface area contributed by atoms with Crippen molar-refractivity contribution >= 4 is 0 Å². The Morgan fingerprint density at radius 1 is 1.73 bits per heavy atom. The van der Waals surface area contributed by atoms with Gasteiger partial charge in [0, 0.05) is 31.0 Å². The molecule has 0 aliphatic carbocycles. The highest BCUT2D eigenvalue weighted by atomic mass is 16.5. The Hall–Kier alpha value is -0.870. The van der Waals surface area contributed by atoms with Gasteiger partial charge in [-0.25, -0.2) is 0 Å². The molecule has 84 valence electrons. The fourth-order valence-electron chi connectivity index (χ4n) is 1.93. The predicted octanol–water partition coefficient (Wildman–Crippen LogP) is 1.49. The molecule has 0 amide bonds. The van der Waals surface area contributed by atoms with Gasteiger partial charge >= 0.3 is 0 Å². The maximum absolute atomic E-state index is 5.45. The topological polar surface area (TPSA) is 49.9 Å². The molecule has 2 rings (SSSR count). The molecular weight excluding hydrogens is 190 g/mol. The van der Waals surface area contributed by atoms with Crippen molar-refractivity contribution in [2.75, 3.05) is 19.8 Å². The van der Waals surface area contributed by atoms with Crippen LogP contribution in [0.3, 0.4) is 0 Å². The lowest BCUT2D eigenvalue weighted by molar-refractivity contribution is 0.0540. The molecule has 0 spiro atoms. The van der Waals surface area contributed by atoms with Crippen LogP contribution < -0.4 is 5.32 Å². The zero-order valence-electron chi connectivity index (χ0n) is 9.20. The van der Waals surface area contributed by atoms with Crippen molar-refractivity contribution in [1.29, 1.82) is 0 Å². The minimum atomic E-state index is 0.366. The fourth-order valence-corrected chi connectivity index (χ4v) is 1.93. The van der Waals surface area contributed by atoms with E-state index in [1.165, 1.54) is 18.4 Å². The molecule has 4 nitrogen and oxygen atoms in total. The third kappa shape index (κ3) is 3.04. The SMILES string of the molecule is CC(NCC1CCCOC1)c1cn[nH]c1. The summed E-state index contributed by atoms with van der Waals surface area (Å²) >= 11 is 0. The molecule has 1 aliphatic heterocycles. The molecule has 1 aliphatic rings. The van der Waals surface area contributed by atoms with Gasteiger partial charge in [-0.15, -0.1) is 0 Å². The van der Waals surface area contributed by atoms with Crippen LogP contribution in [-0.2, 0) is 4.74 Å². The van der Waals surface area contributed by atoms with Crippen molar-refractivity contribution in [2.24, 2.45) is 5.92 Å². The minimum Gasteiger partial charge on any atom is -0.381 e. The molecule has 15 heavy (non-hydrogen) atoms. The third-order valence-corrected chi connectivity index (χ3v) is 2.99. The summed E-state index contributed by atoms with van der Waals surface area (Å²) in [6, 6.07) is 0.366. The third-order valence-electron chi connectivity index (χ3n) is 2.99. The number of ether oxygens (including phenoxy) is 1. The van der Waals surface area contributed by atoms with Crippen molar-refractivity contribution in [3.8, 4) is 0 Å². The van der Waals surface area contributed by atoms with Gasteiger partial charge in [0.25, 0.3) is 0 Å². The Bertz CT molecular complexity index is 267. The van der Waals surface area contributed by atoms with Crippen molar-refractivity contribution in [1.82, 2.24) is 15.5 Å². The number of hydrogen-bond acceptors (Lipinski definition) is 3. The van der Waals surface area contributed by atoms with Crippen molar-refractivity contribution in [3.05, 3.63) is 18.0 Å². The van der Waals surface area contributed by atoms with Crippen molar-refractivity contribution in [3.63, 3.8) is 0 Å². The van der Waals surface area contributed by atoms with Gasteiger partial charge < -0.3 is 10.1 Å². The Morgan fingerprint density at radius 3 is 3.33 bits per heavy atom. The first-order valence-corrected chi connectivity index (χ1v) is 5.66. The van der Waals surface area contributed by atoms with E-state index in [4.69, 9.17) is 4.74 Å². The van der Waals surface area contributed by atoms with Crippen LogP contribution in [0.15, 0.2) is 12.4 Å². The van der Waals surface area contributed by atoms with Gasteiger partial charge in [0.1, 0.15) is 0 Å². The zero-order valence-corrected chi connectivity index (χ0v) is 9.20. The van der Waals surface area contributed by atoms with Crippen LogP contribution in [0.2, 0.25) is 0 Å². The number of nitrogens with one attached hydrogen (secondary N) is 2. The molecule has 0 saturated carbocycles. The standard InChI is InChI=1S/C11H19N3O/c1-9(11-6-13-14-7-11)12-5-10-3-2-4-15-8-10/h6-7,9-10,12H,2-5,8H2,1H3,(H,13,14). The van der Waals surface area contributed by atoms with Crippen LogP contribution in [-0.4, -0.2) is 30.0 Å². The molecule has 1 fully saturated rings. The summed E-state index contributed by atoms with van der Waals surface area (Å²) in [5.41, 5.74) is 1.21. The highest BCUT2D eigenvalue weighted by Gasteiger charge is 2.15. The summed E-state index contributed by atoms with van der Waals surface area (Å²) in [6.45, 7) is 5.04. The second-order valence-corrected chi connectivity index (χ2v) is 4.24. The molecule has 0 aromatic carbocycles. The molecular formula is C11H19N3O. The van der Waals surface area contributed by atoms with Gasteiger partial charge in [0.05, 0.1) is 12.8 Å². The zero-order chi connectivity index (χ0) is 10.5. The van der Waals surface area contributed by atoms with E-state index in [9.17, 15) is 0 Å². The molecule has 0 radical (unpaired) electrons.